The predicted octanol–water partition coefficient (Wildman–Crippen LogP) is 3.80. The van der Waals surface area contributed by atoms with E-state index in [4.69, 9.17) is 48.4 Å². The lowest BCUT2D eigenvalue weighted by atomic mass is 10.1. The van der Waals surface area contributed by atoms with Crippen LogP contribution >= 0.6 is 0 Å². The van der Waals surface area contributed by atoms with E-state index in [9.17, 15) is 47.9 Å². The Labute approximate surface area is 620 Å². The number of carbonyl (C=O) groups is 12. The topological polar surface area (TPSA) is 357 Å². The molecule has 3 amide bonds. The Bertz CT molecular complexity index is 2740. The number of carbonyl (C=O) groups excluding carboxylic acids is 12. The molecule has 0 bridgehead atoms. The summed E-state index contributed by atoms with van der Waals surface area (Å²) in [5.41, 5.74) is -2.51. The average Bonchev–Trinajstić information content (AvgIpc) is 0.841. The van der Waals surface area contributed by atoms with E-state index in [-0.39, 0.29) is 65.4 Å². The molecular formula is C73H135N10O21+. The molecule has 0 aliphatic rings. The fourth-order valence-electron chi connectivity index (χ4n) is 9.98. The summed E-state index contributed by atoms with van der Waals surface area (Å²) in [5, 5.41) is 5.76. The second kappa shape index (κ2) is 41.6. The van der Waals surface area contributed by atoms with Gasteiger partial charge in [0.1, 0.15) is 82.1 Å². The van der Waals surface area contributed by atoms with Crippen molar-refractivity contribution in [3.05, 3.63) is 0 Å². The van der Waals surface area contributed by atoms with Crippen LogP contribution in [0.2, 0.25) is 0 Å². The zero-order chi connectivity index (χ0) is 81.2. The van der Waals surface area contributed by atoms with Gasteiger partial charge in [0.2, 0.25) is 11.8 Å². The van der Waals surface area contributed by atoms with Crippen molar-refractivity contribution >= 4 is 71.4 Å². The van der Waals surface area contributed by atoms with Crippen molar-refractivity contribution in [2.75, 3.05) is 144 Å². The number of nitrogens with two attached hydrogens (primary N) is 1. The Balaban J connectivity index is 8.22. The van der Waals surface area contributed by atoms with Crippen molar-refractivity contribution in [2.24, 2.45) is 5.73 Å². The molecule has 0 spiro atoms. The minimum absolute atomic E-state index is 0.0464. The fourth-order valence-corrected chi connectivity index (χ4v) is 9.98. The van der Waals surface area contributed by atoms with Crippen LogP contribution in [0, 0.1) is 0 Å². The minimum atomic E-state index is -1.53. The van der Waals surface area contributed by atoms with E-state index in [1.54, 1.807) is 197 Å². The Morgan fingerprint density at radius 3 is 0.721 bits per heavy atom. The van der Waals surface area contributed by atoms with Gasteiger partial charge >= 0.3 is 59.6 Å². The van der Waals surface area contributed by atoms with Gasteiger partial charge in [0, 0.05) is 39.3 Å². The van der Waals surface area contributed by atoms with Crippen LogP contribution in [0.4, 0.5) is 0 Å². The van der Waals surface area contributed by atoms with Gasteiger partial charge in [0.25, 0.3) is 0 Å². The van der Waals surface area contributed by atoms with Crippen molar-refractivity contribution in [3.8, 4) is 0 Å². The van der Waals surface area contributed by atoms with Gasteiger partial charge in [-0.3, -0.25) is 86.6 Å². The maximum Gasteiger partial charge on any atom is 0.327 e. The van der Waals surface area contributed by atoms with Crippen molar-refractivity contribution in [2.45, 2.75) is 256 Å². The minimum Gasteiger partial charge on any atom is -0.459 e. The Hall–Kier alpha value is -6.48. The van der Waals surface area contributed by atoms with Crippen LogP contribution in [0.25, 0.3) is 0 Å². The smallest absolute Gasteiger partial charge is 0.327 e. The van der Waals surface area contributed by atoms with Gasteiger partial charge in [-0.2, -0.15) is 0 Å². The average molecular weight is 1490 g/mol. The molecule has 0 aliphatic carbocycles. The third kappa shape index (κ3) is 48.6. The molecular weight excluding hydrogens is 1350 g/mol. The molecule has 3 unspecified atom stereocenters. The molecule has 0 saturated heterocycles. The molecule has 0 aromatic carbocycles. The highest BCUT2D eigenvalue weighted by Crippen LogP contribution is 2.19. The molecule has 104 heavy (non-hydrogen) atoms. The van der Waals surface area contributed by atoms with Gasteiger partial charge in [0.05, 0.1) is 79.0 Å². The van der Waals surface area contributed by atoms with Crippen molar-refractivity contribution < 1.29 is 105 Å². The van der Waals surface area contributed by atoms with Gasteiger partial charge in [0.15, 0.2) is 0 Å². The summed E-state index contributed by atoms with van der Waals surface area (Å²) in [6.45, 7) is 40.6. The normalized spacial score (nSPS) is 14.1. The monoisotopic (exact) mass is 1490 g/mol. The second-order valence-corrected chi connectivity index (χ2v) is 35.2. The first-order valence-corrected chi connectivity index (χ1v) is 35.8. The van der Waals surface area contributed by atoms with Crippen LogP contribution in [-0.2, 0) is 100 Å². The van der Waals surface area contributed by atoms with Gasteiger partial charge in [-0.15, -0.1) is 0 Å². The van der Waals surface area contributed by atoms with E-state index in [0.717, 1.165) is 0 Å². The zero-order valence-electron chi connectivity index (χ0n) is 68.8. The Morgan fingerprint density at radius 2 is 0.510 bits per heavy atom. The van der Waals surface area contributed by atoms with Gasteiger partial charge in [-0.1, -0.05) is 6.92 Å². The Morgan fingerprint density at radius 1 is 0.317 bits per heavy atom. The van der Waals surface area contributed by atoms with E-state index in [2.05, 4.69) is 10.6 Å². The molecule has 0 aromatic rings. The summed E-state index contributed by atoms with van der Waals surface area (Å²) in [7, 11) is 1.53. The van der Waals surface area contributed by atoms with E-state index in [1.165, 1.54) is 26.6 Å². The van der Waals surface area contributed by atoms with Crippen LogP contribution < -0.4 is 16.4 Å². The number of rotatable bonds is 40. The van der Waals surface area contributed by atoms with Gasteiger partial charge in [-0.25, -0.2) is 4.79 Å². The quantitative estimate of drug-likeness (QED) is 0.0446. The number of hydrogen-bond acceptors (Lipinski definition) is 28. The molecule has 0 radical (unpaired) electrons. The highest BCUT2D eigenvalue weighted by atomic mass is 16.6. The molecule has 4 N–H and O–H groups in total. The van der Waals surface area contributed by atoms with Gasteiger partial charge in [-0.05, 0) is 193 Å². The molecule has 0 aliphatic heterocycles. The molecule has 0 fully saturated rings. The summed E-state index contributed by atoms with van der Waals surface area (Å²) in [4.78, 5) is 177. The van der Waals surface area contributed by atoms with E-state index in [0.29, 0.717) is 6.54 Å². The highest BCUT2D eigenvalue weighted by molar-refractivity contribution is 5.86. The first-order valence-electron chi connectivity index (χ1n) is 35.8. The number of hydrogen-bond donors (Lipinski definition) is 3. The van der Waals surface area contributed by atoms with Crippen LogP contribution in [0.3, 0.4) is 0 Å². The molecule has 0 aromatic heterocycles. The standard InChI is InChI=1S/C73H134N10O21/c1-30-77(42-54(85)96-65(2,3)4)33-34-78(43-55(86)97-66(5,6)7)40-51(81(47-59(90)101-70(17,18)19)48-60(91)102-71(20,21)22)63(94)75-31-37-83(29,53(84)39-74)38-32-76-64(95)52(82(49-61(92)103-72(23,24)25)50-62(93)104-73(26,27)28)41-79(44-56(87)98-67(8,9)10)35-36-80(45-57(88)99-68(11,12)13)46-58(89)100-69(14,15)16/h51-52H,30-50,74H2,1-29H3,(H-,75,76,94,95)/p+1. The fraction of sp³-hybridized carbons (Fsp3) is 0.836. The summed E-state index contributed by atoms with van der Waals surface area (Å²) < 4.78 is 50.7. The first kappa shape index (κ1) is 97.5. The lowest BCUT2D eigenvalue weighted by molar-refractivity contribution is -0.831. The van der Waals surface area contributed by atoms with Crippen LogP contribution in [-0.4, -0.2) is 312 Å². The van der Waals surface area contributed by atoms with Crippen molar-refractivity contribution in [3.63, 3.8) is 0 Å². The molecule has 31 nitrogen and oxygen atoms in total. The number of amides is 3. The largest absolute Gasteiger partial charge is 0.459 e. The number of esters is 9. The van der Waals surface area contributed by atoms with E-state index < -0.39 is 204 Å². The zero-order valence-corrected chi connectivity index (χ0v) is 68.8. The molecule has 31 heteroatoms. The van der Waals surface area contributed by atoms with Crippen molar-refractivity contribution in [1.29, 1.82) is 0 Å². The summed E-state index contributed by atoms with van der Waals surface area (Å²) in [6.07, 6.45) is 0. The molecule has 602 valence electrons. The molecule has 0 saturated carbocycles. The summed E-state index contributed by atoms with van der Waals surface area (Å²) >= 11 is 0. The number of nitrogens with zero attached hydrogens (tertiary/aromatic N) is 7. The third-order valence-corrected chi connectivity index (χ3v) is 13.7. The number of nitrogens with one attached hydrogen (secondary N) is 2. The van der Waals surface area contributed by atoms with Crippen LogP contribution in [0.1, 0.15) is 194 Å². The van der Waals surface area contributed by atoms with E-state index >= 15 is 9.59 Å². The second-order valence-electron chi connectivity index (χ2n) is 35.2. The molecule has 0 rings (SSSR count). The maximum absolute atomic E-state index is 15.3. The molecule has 0 heterocycles. The van der Waals surface area contributed by atoms with Gasteiger partial charge < -0.3 is 59.0 Å². The first-order chi connectivity index (χ1) is 46.8. The lowest BCUT2D eigenvalue weighted by Gasteiger charge is -2.36. The number of quaternary nitrogens is 1. The lowest BCUT2D eigenvalue weighted by Crippen LogP contribution is -2.61. The SMILES string of the molecule is CCN(CCN(CC(=O)OC(C)(C)C)CC(C(=O)NCC[N+](C)(CCNC(=O)C(CN(CCN(CC(=O)OC(C)(C)C)CC(=O)OC(C)(C)C)CC(=O)OC(C)(C)C)N(CC(=O)OC(C)(C)C)CC(=O)OC(C)(C)C)C(=O)CN)N(CC(=O)OC(C)(C)C)CC(=O)OC(C)(C)C)CC(=O)OC(C)(C)C. The van der Waals surface area contributed by atoms with Crippen LogP contribution in [0.15, 0.2) is 0 Å². The highest BCUT2D eigenvalue weighted by Gasteiger charge is 2.40. The maximum atomic E-state index is 15.3. The predicted molar refractivity (Wildman–Crippen MR) is 391 cm³/mol. The number of likely N-dealkylation sites (N-methyl/N-ethyl adjacent to an activating group) is 2. The third-order valence-electron chi connectivity index (χ3n) is 13.7. The number of ether oxygens (including phenoxy) is 9. The summed E-state index contributed by atoms with van der Waals surface area (Å²) in [5.74, 6) is -8.68. The van der Waals surface area contributed by atoms with Crippen molar-refractivity contribution in [1.82, 2.24) is 40.0 Å². The van der Waals surface area contributed by atoms with Crippen LogP contribution in [0.5, 0.6) is 0 Å². The molecule has 3 atom stereocenters. The Kier molecular flexibility index (Phi) is 39.0. The summed E-state index contributed by atoms with van der Waals surface area (Å²) in [6, 6.07) is -2.98. The van der Waals surface area contributed by atoms with E-state index in [1.807, 2.05) is 6.92 Å².